The molecule has 0 unspecified atom stereocenters. The normalized spacial score (nSPS) is 16.7. The molecule has 1 amide bonds. The summed E-state index contributed by atoms with van der Waals surface area (Å²) in [5, 5.41) is 1.84. The van der Waals surface area contributed by atoms with Gasteiger partial charge in [-0.2, -0.15) is 0 Å². The molecule has 1 aliphatic carbocycles. The number of anilines is 1. The smallest absolute Gasteiger partial charge is 0.246 e. The van der Waals surface area contributed by atoms with E-state index in [1.54, 1.807) is 0 Å². The number of amides is 1. The molecule has 2 aromatic rings. The molecule has 1 heterocycles. The number of para-hydroxylation sites is 1. The first kappa shape index (κ1) is 12.6. The fourth-order valence-corrected chi connectivity index (χ4v) is 3.50. The Hall–Kier alpha value is -1.46. The SMILES string of the molecule is NN(C(=O)C1CCCCC1)c1nc2ccccc2s1. The van der Waals surface area contributed by atoms with Crippen LogP contribution in [0.25, 0.3) is 10.2 Å². The molecular weight excluding hydrogens is 258 g/mol. The minimum atomic E-state index is 0.0127. The number of carbonyl (C=O) groups is 1. The molecule has 4 nitrogen and oxygen atoms in total. The molecule has 1 saturated carbocycles. The number of rotatable bonds is 2. The van der Waals surface area contributed by atoms with Crippen molar-refractivity contribution in [3.8, 4) is 0 Å². The van der Waals surface area contributed by atoms with E-state index < -0.39 is 0 Å². The van der Waals surface area contributed by atoms with E-state index in [1.165, 1.54) is 22.8 Å². The first-order chi connectivity index (χ1) is 9.25. The molecule has 3 rings (SSSR count). The van der Waals surface area contributed by atoms with E-state index in [1.807, 2.05) is 24.3 Å². The zero-order valence-electron chi connectivity index (χ0n) is 10.7. The fourth-order valence-electron chi connectivity index (χ4n) is 2.60. The lowest BCUT2D eigenvalue weighted by molar-refractivity contribution is -0.123. The fraction of sp³-hybridized carbons (Fsp3) is 0.429. The number of nitrogens with two attached hydrogens (primary N) is 1. The highest BCUT2D eigenvalue weighted by Gasteiger charge is 2.26. The van der Waals surface area contributed by atoms with Crippen LogP contribution < -0.4 is 10.9 Å². The third-order valence-corrected chi connectivity index (χ3v) is 4.72. The van der Waals surface area contributed by atoms with E-state index in [4.69, 9.17) is 5.84 Å². The number of hydrogen-bond acceptors (Lipinski definition) is 4. The van der Waals surface area contributed by atoms with Gasteiger partial charge in [-0.25, -0.2) is 15.8 Å². The van der Waals surface area contributed by atoms with Crippen molar-refractivity contribution in [3.63, 3.8) is 0 Å². The molecule has 0 atom stereocenters. The van der Waals surface area contributed by atoms with Crippen LogP contribution in [-0.4, -0.2) is 10.9 Å². The summed E-state index contributed by atoms with van der Waals surface area (Å²) < 4.78 is 1.06. The highest BCUT2D eigenvalue weighted by molar-refractivity contribution is 7.22. The monoisotopic (exact) mass is 275 g/mol. The van der Waals surface area contributed by atoms with Gasteiger partial charge < -0.3 is 0 Å². The minimum Gasteiger partial charge on any atom is -0.273 e. The van der Waals surface area contributed by atoms with Crippen molar-refractivity contribution in [2.75, 3.05) is 5.01 Å². The van der Waals surface area contributed by atoms with Crippen molar-refractivity contribution < 1.29 is 4.79 Å². The van der Waals surface area contributed by atoms with Gasteiger partial charge in [-0.3, -0.25) is 4.79 Å². The molecule has 0 saturated heterocycles. The number of carbonyl (C=O) groups excluding carboxylic acids is 1. The molecule has 0 bridgehead atoms. The summed E-state index contributed by atoms with van der Waals surface area (Å²) in [5.74, 6) is 6.05. The summed E-state index contributed by atoms with van der Waals surface area (Å²) in [4.78, 5) is 16.8. The average Bonchev–Trinajstić information content (AvgIpc) is 2.90. The van der Waals surface area contributed by atoms with Gasteiger partial charge in [-0.1, -0.05) is 42.7 Å². The number of aromatic nitrogens is 1. The Balaban J connectivity index is 1.82. The maximum atomic E-state index is 12.3. The van der Waals surface area contributed by atoms with Crippen LogP contribution >= 0.6 is 11.3 Å². The molecule has 100 valence electrons. The maximum absolute atomic E-state index is 12.3. The van der Waals surface area contributed by atoms with Crippen LogP contribution in [0.5, 0.6) is 0 Å². The van der Waals surface area contributed by atoms with Gasteiger partial charge in [-0.15, -0.1) is 0 Å². The van der Waals surface area contributed by atoms with Gasteiger partial charge in [0.05, 0.1) is 10.2 Å². The topological polar surface area (TPSA) is 59.2 Å². The average molecular weight is 275 g/mol. The van der Waals surface area contributed by atoms with Crippen molar-refractivity contribution in [1.29, 1.82) is 0 Å². The minimum absolute atomic E-state index is 0.0127. The van der Waals surface area contributed by atoms with Crippen LogP contribution in [0.15, 0.2) is 24.3 Å². The molecule has 2 N–H and O–H groups in total. The van der Waals surface area contributed by atoms with Crippen molar-refractivity contribution in [2.45, 2.75) is 32.1 Å². The number of nitrogens with zero attached hydrogens (tertiary/aromatic N) is 2. The van der Waals surface area contributed by atoms with Crippen LogP contribution in [0.1, 0.15) is 32.1 Å². The summed E-state index contributed by atoms with van der Waals surface area (Å²) in [6.07, 6.45) is 5.40. The first-order valence-electron chi connectivity index (χ1n) is 6.70. The molecule has 1 aromatic carbocycles. The number of hydrogen-bond donors (Lipinski definition) is 1. The van der Waals surface area contributed by atoms with Gasteiger partial charge in [0.1, 0.15) is 0 Å². The van der Waals surface area contributed by atoms with E-state index >= 15 is 0 Å². The lowest BCUT2D eigenvalue weighted by Gasteiger charge is -2.24. The predicted octanol–water partition coefficient (Wildman–Crippen LogP) is 3.08. The van der Waals surface area contributed by atoms with Crippen LogP contribution in [-0.2, 0) is 4.79 Å². The maximum Gasteiger partial charge on any atom is 0.246 e. The summed E-state index contributed by atoms with van der Waals surface area (Å²) in [6.45, 7) is 0. The number of benzene rings is 1. The summed E-state index contributed by atoms with van der Waals surface area (Å²) >= 11 is 1.47. The number of thiazole rings is 1. The van der Waals surface area contributed by atoms with Crippen LogP contribution in [0.4, 0.5) is 5.13 Å². The van der Waals surface area contributed by atoms with Crippen molar-refractivity contribution in [1.82, 2.24) is 4.98 Å². The van der Waals surface area contributed by atoms with Gasteiger partial charge in [0, 0.05) is 5.92 Å². The quantitative estimate of drug-likeness (QED) is 0.520. The number of fused-ring (bicyclic) bond motifs is 1. The standard InChI is InChI=1S/C14H17N3OS/c15-17(13(18)10-6-2-1-3-7-10)14-16-11-8-4-5-9-12(11)19-14/h4-5,8-10H,1-3,6-7,15H2. The molecular formula is C14H17N3OS. The zero-order chi connectivity index (χ0) is 13.2. The highest BCUT2D eigenvalue weighted by Crippen LogP contribution is 2.30. The first-order valence-corrected chi connectivity index (χ1v) is 7.51. The molecule has 1 aromatic heterocycles. The largest absolute Gasteiger partial charge is 0.273 e. The molecule has 5 heteroatoms. The van der Waals surface area contributed by atoms with Gasteiger partial charge in [0.25, 0.3) is 0 Å². The Kier molecular flexibility index (Phi) is 3.48. The van der Waals surface area contributed by atoms with Crippen LogP contribution in [0.3, 0.4) is 0 Å². The Bertz CT molecular complexity index is 556. The highest BCUT2D eigenvalue weighted by atomic mass is 32.1. The molecule has 0 aliphatic heterocycles. The lowest BCUT2D eigenvalue weighted by atomic mass is 9.88. The van der Waals surface area contributed by atoms with E-state index in [-0.39, 0.29) is 11.8 Å². The molecule has 0 spiro atoms. The predicted molar refractivity (Wildman–Crippen MR) is 77.9 cm³/mol. The molecule has 1 aliphatic rings. The van der Waals surface area contributed by atoms with Crippen molar-refractivity contribution >= 4 is 32.6 Å². The van der Waals surface area contributed by atoms with Gasteiger partial charge in [0.15, 0.2) is 0 Å². The number of hydrazine groups is 1. The summed E-state index contributed by atoms with van der Waals surface area (Å²) in [7, 11) is 0. The second kappa shape index (κ2) is 5.27. The third-order valence-electron chi connectivity index (χ3n) is 3.68. The van der Waals surface area contributed by atoms with E-state index in [9.17, 15) is 4.79 Å². The van der Waals surface area contributed by atoms with Crippen LogP contribution in [0, 0.1) is 5.92 Å². The molecule has 19 heavy (non-hydrogen) atoms. The Labute approximate surface area is 116 Å². The van der Waals surface area contributed by atoms with Gasteiger partial charge >= 0.3 is 0 Å². The van der Waals surface area contributed by atoms with Gasteiger partial charge in [0.2, 0.25) is 11.0 Å². The second-order valence-electron chi connectivity index (χ2n) is 5.01. The Morgan fingerprint density at radius 3 is 2.74 bits per heavy atom. The summed E-state index contributed by atoms with van der Waals surface area (Å²) in [5.41, 5.74) is 0.898. The molecule has 0 radical (unpaired) electrons. The van der Waals surface area contributed by atoms with Crippen molar-refractivity contribution in [2.24, 2.45) is 11.8 Å². The van der Waals surface area contributed by atoms with E-state index in [2.05, 4.69) is 4.98 Å². The zero-order valence-corrected chi connectivity index (χ0v) is 11.5. The Morgan fingerprint density at radius 1 is 1.26 bits per heavy atom. The van der Waals surface area contributed by atoms with E-state index in [0.717, 1.165) is 35.9 Å². The second-order valence-corrected chi connectivity index (χ2v) is 6.02. The van der Waals surface area contributed by atoms with E-state index in [0.29, 0.717) is 5.13 Å². The van der Waals surface area contributed by atoms with Gasteiger partial charge in [-0.05, 0) is 25.0 Å². The summed E-state index contributed by atoms with van der Waals surface area (Å²) in [6, 6.07) is 7.84. The third kappa shape index (κ3) is 2.48. The van der Waals surface area contributed by atoms with Crippen molar-refractivity contribution in [3.05, 3.63) is 24.3 Å². The lowest BCUT2D eigenvalue weighted by Crippen LogP contribution is -2.42. The Morgan fingerprint density at radius 2 is 2.00 bits per heavy atom. The van der Waals surface area contributed by atoms with Crippen LogP contribution in [0.2, 0.25) is 0 Å². The molecule has 1 fully saturated rings.